The summed E-state index contributed by atoms with van der Waals surface area (Å²) in [6, 6.07) is 6.22. The molecule has 1 rings (SSSR count). The molecule has 4 nitrogen and oxygen atoms in total. The highest BCUT2D eigenvalue weighted by Crippen LogP contribution is 2.10. The van der Waals surface area contributed by atoms with Crippen molar-refractivity contribution in [1.82, 2.24) is 0 Å². The molecule has 0 fully saturated rings. The molecular weight excluding hydrogens is 196 g/mol. The molecule has 0 aliphatic rings. The van der Waals surface area contributed by atoms with Gasteiger partial charge in [0, 0.05) is 0 Å². The normalized spacial score (nSPS) is 10.4. The summed E-state index contributed by atoms with van der Waals surface area (Å²) >= 11 is 0. The van der Waals surface area contributed by atoms with E-state index in [0.29, 0.717) is 0 Å². The fourth-order valence-electron chi connectivity index (χ4n) is 0.983. The predicted octanol–water partition coefficient (Wildman–Crippen LogP) is 1.45. The Kier molecular flexibility index (Phi) is 3.62. The second kappa shape index (κ2) is 4.95. The first-order chi connectivity index (χ1) is 7.08. The number of allylic oxidation sites excluding steroid dienone is 1. The summed E-state index contributed by atoms with van der Waals surface area (Å²) in [6.07, 6.45) is 2.21. The molecule has 0 bridgehead atoms. The first kappa shape index (κ1) is 11.0. The quantitative estimate of drug-likeness (QED) is 0.577. The molecule has 1 aromatic rings. The van der Waals surface area contributed by atoms with Crippen molar-refractivity contribution < 1.29 is 19.8 Å². The molecule has 0 aliphatic carbocycles. The second-order valence-electron chi connectivity index (χ2n) is 2.96. The van der Waals surface area contributed by atoms with E-state index in [2.05, 4.69) is 0 Å². The lowest BCUT2D eigenvalue weighted by Gasteiger charge is -1.93. The van der Waals surface area contributed by atoms with Gasteiger partial charge in [0.15, 0.2) is 5.78 Å². The number of aliphatic carboxylic acids is 1. The summed E-state index contributed by atoms with van der Waals surface area (Å²) in [4.78, 5) is 21.2. The number of rotatable bonds is 4. The maximum absolute atomic E-state index is 11.0. The minimum Gasteiger partial charge on any atom is -0.508 e. The summed E-state index contributed by atoms with van der Waals surface area (Å²) in [5.74, 6) is -1.46. The lowest BCUT2D eigenvalue weighted by molar-refractivity contribution is -0.139. The number of hydrogen-bond acceptors (Lipinski definition) is 3. The summed E-state index contributed by atoms with van der Waals surface area (Å²) in [7, 11) is 0. The Morgan fingerprint density at radius 2 is 1.80 bits per heavy atom. The van der Waals surface area contributed by atoms with Gasteiger partial charge in [-0.25, -0.2) is 0 Å². The summed E-state index contributed by atoms with van der Waals surface area (Å²) in [5.41, 5.74) is 0.728. The van der Waals surface area contributed by atoms with Gasteiger partial charge >= 0.3 is 5.97 Å². The number of hydrogen-bond donors (Lipinski definition) is 2. The van der Waals surface area contributed by atoms with Gasteiger partial charge in [-0.05, 0) is 23.8 Å². The Labute approximate surface area is 86.5 Å². The Morgan fingerprint density at radius 3 is 2.33 bits per heavy atom. The van der Waals surface area contributed by atoms with Crippen molar-refractivity contribution in [1.29, 1.82) is 0 Å². The summed E-state index contributed by atoms with van der Waals surface area (Å²) < 4.78 is 0. The van der Waals surface area contributed by atoms with Crippen molar-refractivity contribution in [2.75, 3.05) is 0 Å². The lowest BCUT2D eigenvalue weighted by Crippen LogP contribution is -2.02. The van der Waals surface area contributed by atoms with Crippen molar-refractivity contribution >= 4 is 17.8 Å². The molecule has 0 aromatic heterocycles. The van der Waals surface area contributed by atoms with E-state index in [-0.39, 0.29) is 5.75 Å². The van der Waals surface area contributed by atoms with Crippen LogP contribution in [0.25, 0.3) is 6.08 Å². The topological polar surface area (TPSA) is 74.6 Å². The van der Waals surface area contributed by atoms with Crippen LogP contribution in [0.5, 0.6) is 5.75 Å². The van der Waals surface area contributed by atoms with Crippen LogP contribution in [0.1, 0.15) is 12.0 Å². The first-order valence-electron chi connectivity index (χ1n) is 4.29. The third kappa shape index (κ3) is 4.08. The van der Waals surface area contributed by atoms with Crippen molar-refractivity contribution in [3.63, 3.8) is 0 Å². The van der Waals surface area contributed by atoms with E-state index in [4.69, 9.17) is 10.2 Å². The van der Waals surface area contributed by atoms with E-state index in [9.17, 15) is 9.59 Å². The van der Waals surface area contributed by atoms with Gasteiger partial charge in [-0.3, -0.25) is 9.59 Å². The molecule has 15 heavy (non-hydrogen) atoms. The van der Waals surface area contributed by atoms with Crippen molar-refractivity contribution in [2.24, 2.45) is 0 Å². The minimum atomic E-state index is -1.14. The number of ketones is 1. The SMILES string of the molecule is O=C(O)CC(=O)C=Cc1ccc(O)cc1. The maximum Gasteiger partial charge on any atom is 0.311 e. The Bertz CT molecular complexity index is 390. The Balaban J connectivity index is 2.61. The number of carboxylic acid groups (broad SMARTS) is 1. The molecule has 4 heteroatoms. The fraction of sp³-hybridized carbons (Fsp3) is 0.0909. The van der Waals surface area contributed by atoms with Gasteiger partial charge < -0.3 is 10.2 Å². The van der Waals surface area contributed by atoms with Crippen LogP contribution in [0.3, 0.4) is 0 Å². The third-order valence-electron chi connectivity index (χ3n) is 1.68. The van der Waals surface area contributed by atoms with Crippen LogP contribution in [0.15, 0.2) is 30.3 Å². The number of carbonyl (C=O) groups excluding carboxylic acids is 1. The molecular formula is C11H10O4. The molecule has 2 N–H and O–H groups in total. The molecule has 1 aromatic carbocycles. The van der Waals surface area contributed by atoms with Gasteiger partial charge in [0.2, 0.25) is 0 Å². The minimum absolute atomic E-state index is 0.143. The standard InChI is InChI=1S/C11H10O4/c12-9-4-1-8(2-5-9)3-6-10(13)7-11(14)15/h1-6,12H,7H2,(H,14,15). The van der Waals surface area contributed by atoms with Gasteiger partial charge in [0.1, 0.15) is 12.2 Å². The second-order valence-corrected chi connectivity index (χ2v) is 2.96. The molecule has 0 saturated carbocycles. The molecule has 0 atom stereocenters. The van der Waals surface area contributed by atoms with Crippen LogP contribution in [-0.4, -0.2) is 22.0 Å². The highest BCUT2D eigenvalue weighted by molar-refractivity contribution is 6.03. The van der Waals surface area contributed by atoms with E-state index < -0.39 is 18.2 Å². The number of benzene rings is 1. The summed E-state index contributed by atoms with van der Waals surface area (Å²) in [6.45, 7) is 0. The molecule has 0 radical (unpaired) electrons. The van der Waals surface area contributed by atoms with Crippen LogP contribution in [0, 0.1) is 0 Å². The zero-order chi connectivity index (χ0) is 11.3. The van der Waals surface area contributed by atoms with Crippen LogP contribution < -0.4 is 0 Å². The van der Waals surface area contributed by atoms with Crippen LogP contribution in [0.4, 0.5) is 0 Å². The van der Waals surface area contributed by atoms with E-state index in [0.717, 1.165) is 5.56 Å². The maximum atomic E-state index is 11.0. The fourth-order valence-corrected chi connectivity index (χ4v) is 0.983. The highest BCUT2D eigenvalue weighted by atomic mass is 16.4. The van der Waals surface area contributed by atoms with Crippen molar-refractivity contribution in [3.8, 4) is 5.75 Å². The number of phenols is 1. The molecule has 0 heterocycles. The first-order valence-corrected chi connectivity index (χ1v) is 4.29. The average Bonchev–Trinajstić information content (AvgIpc) is 2.16. The van der Waals surface area contributed by atoms with Crippen molar-refractivity contribution in [2.45, 2.75) is 6.42 Å². The lowest BCUT2D eigenvalue weighted by atomic mass is 10.1. The molecule has 0 saturated heterocycles. The van der Waals surface area contributed by atoms with E-state index >= 15 is 0 Å². The van der Waals surface area contributed by atoms with Crippen LogP contribution >= 0.6 is 0 Å². The molecule has 78 valence electrons. The third-order valence-corrected chi connectivity index (χ3v) is 1.68. The molecule has 0 amide bonds. The average molecular weight is 206 g/mol. The number of carbonyl (C=O) groups is 2. The summed E-state index contributed by atoms with van der Waals surface area (Å²) in [5, 5.41) is 17.3. The number of aromatic hydroxyl groups is 1. The molecule has 0 unspecified atom stereocenters. The zero-order valence-electron chi connectivity index (χ0n) is 7.88. The number of carboxylic acids is 1. The molecule has 0 spiro atoms. The van der Waals surface area contributed by atoms with Gasteiger partial charge in [-0.2, -0.15) is 0 Å². The van der Waals surface area contributed by atoms with Gasteiger partial charge in [0.05, 0.1) is 0 Å². The molecule has 0 aliphatic heterocycles. The van der Waals surface area contributed by atoms with E-state index in [1.807, 2.05) is 0 Å². The number of phenolic OH excluding ortho intramolecular Hbond substituents is 1. The Hall–Kier alpha value is -2.10. The largest absolute Gasteiger partial charge is 0.508 e. The predicted molar refractivity (Wildman–Crippen MR) is 54.4 cm³/mol. The van der Waals surface area contributed by atoms with E-state index in [1.165, 1.54) is 24.3 Å². The monoisotopic (exact) mass is 206 g/mol. The van der Waals surface area contributed by atoms with Crippen LogP contribution in [-0.2, 0) is 9.59 Å². The van der Waals surface area contributed by atoms with Gasteiger partial charge in [-0.1, -0.05) is 18.2 Å². The van der Waals surface area contributed by atoms with Gasteiger partial charge in [0.25, 0.3) is 0 Å². The smallest absolute Gasteiger partial charge is 0.311 e. The van der Waals surface area contributed by atoms with Crippen molar-refractivity contribution in [3.05, 3.63) is 35.9 Å². The van der Waals surface area contributed by atoms with Gasteiger partial charge in [-0.15, -0.1) is 0 Å². The highest BCUT2D eigenvalue weighted by Gasteiger charge is 2.02. The zero-order valence-corrected chi connectivity index (χ0v) is 7.88. The Morgan fingerprint density at radius 1 is 1.20 bits per heavy atom. The van der Waals surface area contributed by atoms with Crippen LogP contribution in [0.2, 0.25) is 0 Å². The van der Waals surface area contributed by atoms with E-state index in [1.54, 1.807) is 12.1 Å².